The maximum absolute atomic E-state index is 12.7. The van der Waals surface area contributed by atoms with Crippen molar-refractivity contribution in [2.45, 2.75) is 33.1 Å². The minimum atomic E-state index is -0.366. The number of hydrogen-bond donors (Lipinski definition) is 1. The lowest BCUT2D eigenvalue weighted by Crippen LogP contribution is -2.30. The van der Waals surface area contributed by atoms with Crippen LogP contribution in [0, 0.1) is 6.92 Å². The average molecular weight is 336 g/mol. The summed E-state index contributed by atoms with van der Waals surface area (Å²) in [4.78, 5) is 38.7. The maximum Gasteiger partial charge on any atom is 0.266 e. The number of hydrogen-bond acceptors (Lipinski definition) is 3. The molecule has 0 saturated carbocycles. The van der Waals surface area contributed by atoms with Crippen LogP contribution in [-0.4, -0.2) is 17.7 Å². The van der Waals surface area contributed by atoms with Gasteiger partial charge in [0, 0.05) is 6.42 Å². The van der Waals surface area contributed by atoms with Crippen molar-refractivity contribution in [3.8, 4) is 0 Å². The molecule has 0 atom stereocenters. The van der Waals surface area contributed by atoms with Gasteiger partial charge in [0.2, 0.25) is 5.91 Å². The quantitative estimate of drug-likeness (QED) is 0.842. The summed E-state index contributed by atoms with van der Waals surface area (Å²) in [5.74, 6) is -0.853. The van der Waals surface area contributed by atoms with Crippen molar-refractivity contribution in [2.75, 3.05) is 10.2 Å². The van der Waals surface area contributed by atoms with Crippen LogP contribution in [0.4, 0.5) is 11.4 Å². The molecule has 0 unspecified atom stereocenters. The first-order chi connectivity index (χ1) is 12.0. The molecular weight excluding hydrogens is 316 g/mol. The average Bonchev–Trinajstić information content (AvgIpc) is 2.86. The van der Waals surface area contributed by atoms with E-state index >= 15 is 0 Å². The van der Waals surface area contributed by atoms with E-state index in [1.165, 1.54) is 0 Å². The molecule has 2 aromatic carbocycles. The lowest BCUT2D eigenvalue weighted by Gasteiger charge is -2.19. The smallest absolute Gasteiger partial charge is 0.266 e. The molecule has 25 heavy (non-hydrogen) atoms. The number of carbonyl (C=O) groups excluding carboxylic acids is 3. The highest BCUT2D eigenvalue weighted by atomic mass is 16.2. The first kappa shape index (κ1) is 16.9. The Bertz CT molecular complexity index is 823. The Morgan fingerprint density at radius 2 is 1.68 bits per heavy atom. The summed E-state index contributed by atoms with van der Waals surface area (Å²) in [5, 5.41) is 2.83. The molecule has 5 nitrogen and oxygen atoms in total. The van der Waals surface area contributed by atoms with E-state index in [2.05, 4.69) is 5.32 Å². The third-order valence-electron chi connectivity index (χ3n) is 4.22. The largest absolute Gasteiger partial charge is 0.324 e. The second-order valence-electron chi connectivity index (χ2n) is 6.16. The molecule has 1 N–H and O–H groups in total. The number of aryl methyl sites for hydroxylation is 1. The van der Waals surface area contributed by atoms with Crippen LogP contribution in [0.15, 0.2) is 42.5 Å². The van der Waals surface area contributed by atoms with Gasteiger partial charge >= 0.3 is 0 Å². The van der Waals surface area contributed by atoms with Gasteiger partial charge in [-0.1, -0.05) is 31.5 Å². The first-order valence-electron chi connectivity index (χ1n) is 8.41. The van der Waals surface area contributed by atoms with Gasteiger partial charge in [-0.2, -0.15) is 0 Å². The number of carbonyl (C=O) groups is 3. The lowest BCUT2D eigenvalue weighted by atomic mass is 10.1. The van der Waals surface area contributed by atoms with Gasteiger partial charge in [0.1, 0.15) is 0 Å². The van der Waals surface area contributed by atoms with Gasteiger partial charge in [-0.15, -0.1) is 0 Å². The van der Waals surface area contributed by atoms with Crippen molar-refractivity contribution in [2.24, 2.45) is 0 Å². The molecule has 0 saturated heterocycles. The number of anilines is 2. The summed E-state index contributed by atoms with van der Waals surface area (Å²) in [6.45, 7) is 3.90. The normalized spacial score (nSPS) is 13.1. The number of nitrogens with one attached hydrogen (secondary N) is 1. The minimum Gasteiger partial charge on any atom is -0.324 e. The van der Waals surface area contributed by atoms with Gasteiger partial charge in [-0.05, 0) is 43.2 Å². The predicted molar refractivity (Wildman–Crippen MR) is 96.9 cm³/mol. The number of benzene rings is 2. The third-order valence-corrected chi connectivity index (χ3v) is 4.22. The number of unbranched alkanes of at least 4 members (excludes halogenated alkanes) is 1. The van der Waals surface area contributed by atoms with E-state index in [1.54, 1.807) is 36.4 Å². The molecule has 3 amide bonds. The Labute approximate surface area is 146 Å². The fourth-order valence-corrected chi connectivity index (χ4v) is 2.89. The Hall–Kier alpha value is -2.95. The van der Waals surface area contributed by atoms with Crippen LogP contribution < -0.4 is 10.2 Å². The van der Waals surface area contributed by atoms with Crippen LogP contribution >= 0.6 is 0 Å². The topological polar surface area (TPSA) is 66.5 Å². The predicted octanol–water partition coefficient (Wildman–Crippen LogP) is 3.92. The number of fused-ring (bicyclic) bond motifs is 1. The third kappa shape index (κ3) is 3.18. The van der Waals surface area contributed by atoms with Crippen molar-refractivity contribution in [1.82, 2.24) is 0 Å². The van der Waals surface area contributed by atoms with Gasteiger partial charge in [0.25, 0.3) is 11.8 Å². The lowest BCUT2D eigenvalue weighted by molar-refractivity contribution is -0.116. The molecule has 3 rings (SSSR count). The van der Waals surface area contributed by atoms with Crippen molar-refractivity contribution >= 4 is 29.1 Å². The standard InChI is InChI=1S/C20H20N2O3/c1-3-4-9-18(23)21-16-11-10-13(2)12-17(16)22-19(24)14-7-5-6-8-15(14)20(22)25/h5-8,10-12H,3-4,9H2,1-2H3,(H,21,23). The molecule has 0 radical (unpaired) electrons. The van der Waals surface area contributed by atoms with E-state index in [-0.39, 0.29) is 17.7 Å². The Kier molecular flexibility index (Phi) is 4.65. The van der Waals surface area contributed by atoms with E-state index in [1.807, 2.05) is 19.9 Å². The van der Waals surface area contributed by atoms with Crippen molar-refractivity contribution in [3.63, 3.8) is 0 Å². The number of nitrogens with zero attached hydrogens (tertiary/aromatic N) is 1. The van der Waals surface area contributed by atoms with E-state index in [0.717, 1.165) is 23.3 Å². The molecule has 0 aliphatic carbocycles. The summed E-state index contributed by atoms with van der Waals surface area (Å²) in [6, 6.07) is 12.1. The summed E-state index contributed by atoms with van der Waals surface area (Å²) in [7, 11) is 0. The zero-order valence-corrected chi connectivity index (χ0v) is 14.3. The van der Waals surface area contributed by atoms with Gasteiger partial charge in [-0.3, -0.25) is 14.4 Å². The Balaban J connectivity index is 1.97. The highest BCUT2D eigenvalue weighted by Gasteiger charge is 2.37. The molecule has 1 heterocycles. The molecular formula is C20H20N2O3. The summed E-state index contributed by atoms with van der Waals surface area (Å²) in [5.41, 5.74) is 2.56. The molecule has 0 fully saturated rings. The van der Waals surface area contributed by atoms with E-state index in [9.17, 15) is 14.4 Å². The summed E-state index contributed by atoms with van der Waals surface area (Å²) < 4.78 is 0. The summed E-state index contributed by atoms with van der Waals surface area (Å²) >= 11 is 0. The molecule has 0 aromatic heterocycles. The van der Waals surface area contributed by atoms with Crippen LogP contribution in [0.25, 0.3) is 0 Å². The van der Waals surface area contributed by atoms with Crippen molar-refractivity contribution in [1.29, 1.82) is 0 Å². The first-order valence-corrected chi connectivity index (χ1v) is 8.41. The van der Waals surface area contributed by atoms with Gasteiger partial charge in [-0.25, -0.2) is 4.90 Å². The second kappa shape index (κ2) is 6.89. The van der Waals surface area contributed by atoms with Crippen LogP contribution in [0.5, 0.6) is 0 Å². The van der Waals surface area contributed by atoms with Crippen LogP contribution in [0.2, 0.25) is 0 Å². The van der Waals surface area contributed by atoms with Crippen LogP contribution in [0.1, 0.15) is 52.5 Å². The fraction of sp³-hybridized carbons (Fsp3) is 0.250. The number of imide groups is 1. The van der Waals surface area contributed by atoms with Gasteiger partial charge in [0.05, 0.1) is 22.5 Å². The number of rotatable bonds is 5. The minimum absolute atomic E-state index is 0.122. The van der Waals surface area contributed by atoms with E-state index in [4.69, 9.17) is 0 Å². The molecule has 0 bridgehead atoms. The van der Waals surface area contributed by atoms with Crippen LogP contribution in [-0.2, 0) is 4.79 Å². The molecule has 0 spiro atoms. The maximum atomic E-state index is 12.7. The number of amides is 3. The van der Waals surface area contributed by atoms with Crippen molar-refractivity contribution < 1.29 is 14.4 Å². The fourth-order valence-electron chi connectivity index (χ4n) is 2.89. The zero-order chi connectivity index (χ0) is 18.0. The van der Waals surface area contributed by atoms with Gasteiger partial charge in [0.15, 0.2) is 0 Å². The van der Waals surface area contributed by atoms with E-state index in [0.29, 0.717) is 28.9 Å². The SMILES string of the molecule is CCCCC(=O)Nc1ccc(C)cc1N1C(=O)c2ccccc2C1=O. The molecule has 5 heteroatoms. The molecule has 1 aliphatic rings. The summed E-state index contributed by atoms with van der Waals surface area (Å²) in [6.07, 6.45) is 2.12. The molecule has 1 aliphatic heterocycles. The molecule has 128 valence electrons. The monoisotopic (exact) mass is 336 g/mol. The van der Waals surface area contributed by atoms with E-state index < -0.39 is 0 Å². The van der Waals surface area contributed by atoms with Crippen molar-refractivity contribution in [3.05, 3.63) is 59.2 Å². The van der Waals surface area contributed by atoms with Gasteiger partial charge < -0.3 is 5.32 Å². The highest BCUT2D eigenvalue weighted by molar-refractivity contribution is 6.35. The Morgan fingerprint density at radius 3 is 2.28 bits per heavy atom. The zero-order valence-electron chi connectivity index (χ0n) is 14.3. The molecule has 2 aromatic rings. The highest BCUT2D eigenvalue weighted by Crippen LogP contribution is 2.34. The Morgan fingerprint density at radius 1 is 1.04 bits per heavy atom. The second-order valence-corrected chi connectivity index (χ2v) is 6.16. The van der Waals surface area contributed by atoms with Crippen LogP contribution in [0.3, 0.4) is 0 Å².